The molecule has 102 valence electrons. The van der Waals surface area contributed by atoms with Gasteiger partial charge in [-0.05, 0) is 36.8 Å². The molecule has 0 bridgehead atoms. The minimum atomic E-state index is 0.0987. The number of fused-ring (bicyclic) bond motifs is 1. The van der Waals surface area contributed by atoms with Gasteiger partial charge in [0, 0.05) is 10.7 Å². The Hall–Kier alpha value is -1.78. The molecule has 1 aromatic heterocycles. The number of nitrogens with two attached hydrogens (primary N) is 1. The number of anilines is 2. The van der Waals surface area contributed by atoms with Crippen LogP contribution in [0.15, 0.2) is 42.5 Å². The van der Waals surface area contributed by atoms with Gasteiger partial charge in [0.05, 0.1) is 16.3 Å². The molecule has 1 atom stereocenters. The Balaban J connectivity index is 1.87. The van der Waals surface area contributed by atoms with E-state index in [0.29, 0.717) is 0 Å². The van der Waals surface area contributed by atoms with E-state index in [2.05, 4.69) is 17.2 Å². The van der Waals surface area contributed by atoms with Crippen LogP contribution < -0.4 is 11.1 Å². The molecule has 0 aliphatic rings. The topological polar surface area (TPSA) is 50.9 Å². The van der Waals surface area contributed by atoms with Crippen molar-refractivity contribution in [3.63, 3.8) is 0 Å². The Bertz CT molecular complexity index is 754. The number of rotatable bonds is 3. The third-order valence-electron chi connectivity index (χ3n) is 3.12. The lowest BCUT2D eigenvalue weighted by atomic mass is 10.1. The Labute approximate surface area is 126 Å². The Morgan fingerprint density at radius 2 is 2.05 bits per heavy atom. The first kappa shape index (κ1) is 13.2. The smallest absolute Gasteiger partial charge is 0.184 e. The molecular weight excluding hydrogens is 290 g/mol. The molecule has 1 unspecified atom stereocenters. The van der Waals surface area contributed by atoms with Crippen molar-refractivity contribution in [2.45, 2.75) is 13.0 Å². The lowest BCUT2D eigenvalue weighted by Crippen LogP contribution is -2.06. The molecule has 0 fully saturated rings. The Morgan fingerprint density at radius 3 is 2.85 bits per heavy atom. The second kappa shape index (κ2) is 5.31. The number of benzene rings is 2. The van der Waals surface area contributed by atoms with E-state index in [9.17, 15) is 0 Å². The third kappa shape index (κ3) is 2.57. The van der Waals surface area contributed by atoms with E-state index < -0.39 is 0 Å². The predicted octanol–water partition coefficient (Wildman–Crippen LogP) is 4.71. The fourth-order valence-electron chi connectivity index (χ4n) is 2.09. The summed E-state index contributed by atoms with van der Waals surface area (Å²) in [6.07, 6.45) is 0. The van der Waals surface area contributed by atoms with Crippen molar-refractivity contribution in [1.82, 2.24) is 4.98 Å². The molecule has 0 radical (unpaired) electrons. The summed E-state index contributed by atoms with van der Waals surface area (Å²) in [5.41, 5.74) is 8.56. The van der Waals surface area contributed by atoms with E-state index in [1.54, 1.807) is 11.3 Å². The third-order valence-corrected chi connectivity index (χ3v) is 4.42. The molecule has 0 aliphatic heterocycles. The first-order valence-electron chi connectivity index (χ1n) is 6.30. The first-order valence-corrected chi connectivity index (χ1v) is 7.50. The minimum absolute atomic E-state index is 0.0987. The highest BCUT2D eigenvalue weighted by atomic mass is 35.5. The van der Waals surface area contributed by atoms with Crippen LogP contribution in [0.3, 0.4) is 0 Å². The summed E-state index contributed by atoms with van der Waals surface area (Å²) < 4.78 is 1.08. The average molecular weight is 304 g/mol. The van der Waals surface area contributed by atoms with Crippen LogP contribution in [0.2, 0.25) is 5.02 Å². The van der Waals surface area contributed by atoms with E-state index in [4.69, 9.17) is 17.3 Å². The van der Waals surface area contributed by atoms with Crippen LogP contribution in [-0.4, -0.2) is 4.98 Å². The maximum absolute atomic E-state index is 6.21. The van der Waals surface area contributed by atoms with Gasteiger partial charge in [0.15, 0.2) is 5.13 Å². The number of nitrogens with one attached hydrogen (secondary N) is 1. The average Bonchev–Trinajstić information content (AvgIpc) is 2.80. The highest BCUT2D eigenvalue weighted by Gasteiger charge is 2.11. The summed E-state index contributed by atoms with van der Waals surface area (Å²) in [4.78, 5) is 4.56. The monoisotopic (exact) mass is 303 g/mol. The normalized spacial score (nSPS) is 12.5. The minimum Gasteiger partial charge on any atom is -0.399 e. The van der Waals surface area contributed by atoms with Crippen molar-refractivity contribution in [1.29, 1.82) is 0 Å². The molecule has 3 rings (SSSR count). The van der Waals surface area contributed by atoms with Gasteiger partial charge < -0.3 is 11.1 Å². The molecule has 20 heavy (non-hydrogen) atoms. The molecule has 3 nitrogen and oxygen atoms in total. The Morgan fingerprint density at radius 1 is 1.25 bits per heavy atom. The molecule has 1 heterocycles. The standard InChI is InChI=1S/C15H14ClN3S/c1-9(11-4-2-3-5-12(11)16)18-15-19-13-7-6-10(17)8-14(13)20-15/h2-9H,17H2,1H3,(H,18,19). The number of halogens is 1. The van der Waals surface area contributed by atoms with Gasteiger partial charge in [-0.3, -0.25) is 0 Å². The number of hydrogen-bond acceptors (Lipinski definition) is 4. The molecule has 0 saturated heterocycles. The molecule has 0 aliphatic carbocycles. The van der Waals surface area contributed by atoms with Crippen LogP contribution in [0.25, 0.3) is 10.2 Å². The zero-order valence-corrected chi connectivity index (χ0v) is 12.5. The molecule has 3 N–H and O–H groups in total. The molecule has 3 aromatic rings. The summed E-state index contributed by atoms with van der Waals surface area (Å²) in [5, 5.41) is 5.03. The first-order chi connectivity index (χ1) is 9.63. The number of thiazole rings is 1. The van der Waals surface area contributed by atoms with Crippen LogP contribution in [0.1, 0.15) is 18.5 Å². The quantitative estimate of drug-likeness (QED) is 0.689. The predicted molar refractivity (Wildman–Crippen MR) is 87.5 cm³/mol. The fraction of sp³-hybridized carbons (Fsp3) is 0.133. The number of nitrogens with zero attached hydrogens (tertiary/aromatic N) is 1. The van der Waals surface area contributed by atoms with E-state index in [1.807, 2.05) is 42.5 Å². The van der Waals surface area contributed by atoms with Crippen molar-refractivity contribution in [2.24, 2.45) is 0 Å². The summed E-state index contributed by atoms with van der Waals surface area (Å²) in [6, 6.07) is 13.7. The zero-order valence-electron chi connectivity index (χ0n) is 10.9. The van der Waals surface area contributed by atoms with Gasteiger partial charge in [0.2, 0.25) is 0 Å². The van der Waals surface area contributed by atoms with Crippen LogP contribution >= 0.6 is 22.9 Å². The molecule has 5 heteroatoms. The lowest BCUT2D eigenvalue weighted by molar-refractivity contribution is 0.883. The number of hydrogen-bond donors (Lipinski definition) is 2. The summed E-state index contributed by atoms with van der Waals surface area (Å²) in [5.74, 6) is 0. The van der Waals surface area contributed by atoms with E-state index >= 15 is 0 Å². The van der Waals surface area contributed by atoms with Crippen LogP contribution in [-0.2, 0) is 0 Å². The van der Waals surface area contributed by atoms with Gasteiger partial charge >= 0.3 is 0 Å². The lowest BCUT2D eigenvalue weighted by Gasteiger charge is -2.14. The molecular formula is C15H14ClN3S. The summed E-state index contributed by atoms with van der Waals surface area (Å²) in [6.45, 7) is 2.07. The highest BCUT2D eigenvalue weighted by Crippen LogP contribution is 2.31. The van der Waals surface area contributed by atoms with Gasteiger partial charge in [-0.1, -0.05) is 41.1 Å². The van der Waals surface area contributed by atoms with Crippen molar-refractivity contribution < 1.29 is 0 Å². The summed E-state index contributed by atoms with van der Waals surface area (Å²) in [7, 11) is 0. The van der Waals surface area contributed by atoms with Crippen LogP contribution in [0, 0.1) is 0 Å². The molecule has 0 amide bonds. The second-order valence-electron chi connectivity index (χ2n) is 4.63. The maximum atomic E-state index is 6.21. The molecule has 0 spiro atoms. The van der Waals surface area contributed by atoms with E-state index in [0.717, 1.165) is 31.6 Å². The van der Waals surface area contributed by atoms with E-state index in [-0.39, 0.29) is 6.04 Å². The zero-order chi connectivity index (χ0) is 14.1. The highest BCUT2D eigenvalue weighted by molar-refractivity contribution is 7.22. The Kier molecular flexibility index (Phi) is 3.51. The van der Waals surface area contributed by atoms with Crippen molar-refractivity contribution in [3.05, 3.63) is 53.1 Å². The largest absolute Gasteiger partial charge is 0.399 e. The maximum Gasteiger partial charge on any atom is 0.184 e. The molecule has 2 aromatic carbocycles. The SMILES string of the molecule is CC(Nc1nc2ccc(N)cc2s1)c1ccccc1Cl. The molecule has 0 saturated carbocycles. The number of aromatic nitrogens is 1. The van der Waals surface area contributed by atoms with Crippen LogP contribution in [0.4, 0.5) is 10.8 Å². The van der Waals surface area contributed by atoms with Crippen molar-refractivity contribution >= 4 is 44.0 Å². The van der Waals surface area contributed by atoms with Gasteiger partial charge in [0.1, 0.15) is 0 Å². The van der Waals surface area contributed by atoms with E-state index in [1.165, 1.54) is 0 Å². The number of nitrogen functional groups attached to an aromatic ring is 1. The summed E-state index contributed by atoms with van der Waals surface area (Å²) >= 11 is 7.81. The fourth-order valence-corrected chi connectivity index (χ4v) is 3.39. The van der Waals surface area contributed by atoms with Crippen LogP contribution in [0.5, 0.6) is 0 Å². The van der Waals surface area contributed by atoms with Gasteiger partial charge in [0.25, 0.3) is 0 Å². The van der Waals surface area contributed by atoms with Gasteiger partial charge in [-0.15, -0.1) is 0 Å². The van der Waals surface area contributed by atoms with Gasteiger partial charge in [-0.2, -0.15) is 0 Å². The second-order valence-corrected chi connectivity index (χ2v) is 6.07. The van der Waals surface area contributed by atoms with Gasteiger partial charge in [-0.25, -0.2) is 4.98 Å². The van der Waals surface area contributed by atoms with Crippen molar-refractivity contribution in [2.75, 3.05) is 11.1 Å². The van der Waals surface area contributed by atoms with Crippen molar-refractivity contribution in [3.8, 4) is 0 Å².